The third-order valence-electron chi connectivity index (χ3n) is 3.31. The van der Waals surface area contributed by atoms with Crippen molar-refractivity contribution >= 4 is 0 Å². The topological polar surface area (TPSA) is 38.5 Å². The highest BCUT2D eigenvalue weighted by atomic mass is 16.5. The molecule has 1 aliphatic heterocycles. The van der Waals surface area contributed by atoms with Crippen LogP contribution in [0.15, 0.2) is 0 Å². The van der Waals surface area contributed by atoms with E-state index < -0.39 is 0 Å². The zero-order chi connectivity index (χ0) is 11.1. The van der Waals surface area contributed by atoms with Gasteiger partial charge in [-0.1, -0.05) is 6.92 Å². The molecule has 1 fully saturated rings. The number of nitrogens with two attached hydrogens (primary N) is 1. The first-order valence-corrected chi connectivity index (χ1v) is 6.21. The van der Waals surface area contributed by atoms with Gasteiger partial charge in [-0.15, -0.1) is 0 Å². The number of methoxy groups -OCH3 is 1. The summed E-state index contributed by atoms with van der Waals surface area (Å²) in [6.45, 7) is 6.47. The van der Waals surface area contributed by atoms with E-state index in [0.29, 0.717) is 6.04 Å². The average molecular weight is 214 g/mol. The fourth-order valence-electron chi connectivity index (χ4n) is 2.47. The Kier molecular flexibility index (Phi) is 6.22. The summed E-state index contributed by atoms with van der Waals surface area (Å²) in [5.41, 5.74) is 5.57. The Morgan fingerprint density at radius 2 is 2.33 bits per heavy atom. The molecule has 3 heteroatoms. The molecule has 3 nitrogen and oxygen atoms in total. The summed E-state index contributed by atoms with van der Waals surface area (Å²) < 4.78 is 5.31. The standard InChI is InChI=1S/C12H26N2O/c1-11-5-4-8-14(9-11)12(10-15-2)6-3-7-13/h11-12H,3-10,13H2,1-2H3. The maximum absolute atomic E-state index is 5.57. The van der Waals surface area contributed by atoms with Gasteiger partial charge in [-0.2, -0.15) is 0 Å². The molecule has 2 atom stereocenters. The number of nitrogens with zero attached hydrogens (tertiary/aromatic N) is 1. The molecule has 0 spiro atoms. The quantitative estimate of drug-likeness (QED) is 0.728. The molecule has 0 aliphatic carbocycles. The van der Waals surface area contributed by atoms with Crippen LogP contribution in [0.4, 0.5) is 0 Å². The van der Waals surface area contributed by atoms with Crippen LogP contribution < -0.4 is 5.73 Å². The molecule has 1 rings (SSSR count). The normalized spacial score (nSPS) is 25.4. The van der Waals surface area contributed by atoms with Crippen molar-refractivity contribution in [2.75, 3.05) is 33.4 Å². The van der Waals surface area contributed by atoms with E-state index in [9.17, 15) is 0 Å². The summed E-state index contributed by atoms with van der Waals surface area (Å²) in [6.07, 6.45) is 5.01. The van der Waals surface area contributed by atoms with Crippen molar-refractivity contribution in [1.82, 2.24) is 4.90 Å². The molecular formula is C12H26N2O. The van der Waals surface area contributed by atoms with E-state index in [0.717, 1.165) is 25.5 Å². The van der Waals surface area contributed by atoms with Crippen LogP contribution in [0.1, 0.15) is 32.6 Å². The van der Waals surface area contributed by atoms with Gasteiger partial charge in [0.25, 0.3) is 0 Å². The second-order valence-electron chi connectivity index (χ2n) is 4.78. The zero-order valence-electron chi connectivity index (χ0n) is 10.2. The lowest BCUT2D eigenvalue weighted by Crippen LogP contribution is -2.44. The third kappa shape index (κ3) is 4.49. The molecule has 2 N–H and O–H groups in total. The van der Waals surface area contributed by atoms with Crippen molar-refractivity contribution in [3.63, 3.8) is 0 Å². The number of piperidine rings is 1. The summed E-state index contributed by atoms with van der Waals surface area (Å²) in [5.74, 6) is 0.844. The van der Waals surface area contributed by atoms with E-state index in [1.807, 2.05) is 0 Å². The Labute approximate surface area is 94.0 Å². The van der Waals surface area contributed by atoms with Gasteiger partial charge in [0, 0.05) is 19.7 Å². The fraction of sp³-hybridized carbons (Fsp3) is 1.00. The van der Waals surface area contributed by atoms with Crippen LogP contribution in [0, 0.1) is 5.92 Å². The molecule has 1 heterocycles. The largest absolute Gasteiger partial charge is 0.383 e. The van der Waals surface area contributed by atoms with E-state index in [-0.39, 0.29) is 0 Å². The van der Waals surface area contributed by atoms with Crippen molar-refractivity contribution in [2.45, 2.75) is 38.6 Å². The lowest BCUT2D eigenvalue weighted by atomic mass is 9.97. The Balaban J connectivity index is 2.38. The lowest BCUT2D eigenvalue weighted by Gasteiger charge is -2.37. The van der Waals surface area contributed by atoms with Gasteiger partial charge in [-0.05, 0) is 44.7 Å². The van der Waals surface area contributed by atoms with E-state index in [4.69, 9.17) is 10.5 Å². The molecule has 0 aromatic rings. The highest BCUT2D eigenvalue weighted by Gasteiger charge is 2.23. The Morgan fingerprint density at radius 3 is 2.93 bits per heavy atom. The second kappa shape index (κ2) is 7.20. The van der Waals surface area contributed by atoms with Gasteiger partial charge in [0.15, 0.2) is 0 Å². The van der Waals surface area contributed by atoms with E-state index in [1.165, 1.54) is 32.4 Å². The van der Waals surface area contributed by atoms with Gasteiger partial charge >= 0.3 is 0 Å². The predicted octanol–water partition coefficient (Wildman–Crippen LogP) is 1.47. The van der Waals surface area contributed by atoms with E-state index in [2.05, 4.69) is 11.8 Å². The molecule has 90 valence electrons. The van der Waals surface area contributed by atoms with Gasteiger partial charge in [0.1, 0.15) is 0 Å². The SMILES string of the molecule is COCC(CCCN)N1CCCC(C)C1. The number of hydrogen-bond donors (Lipinski definition) is 1. The molecular weight excluding hydrogens is 188 g/mol. The molecule has 1 saturated heterocycles. The van der Waals surface area contributed by atoms with Crippen LogP contribution in [0.5, 0.6) is 0 Å². The predicted molar refractivity (Wildman–Crippen MR) is 63.9 cm³/mol. The molecule has 0 bridgehead atoms. The van der Waals surface area contributed by atoms with Crippen molar-refractivity contribution in [3.05, 3.63) is 0 Å². The summed E-state index contributed by atoms with van der Waals surface area (Å²) in [4.78, 5) is 2.59. The first kappa shape index (κ1) is 12.9. The van der Waals surface area contributed by atoms with Gasteiger partial charge < -0.3 is 10.5 Å². The van der Waals surface area contributed by atoms with E-state index in [1.54, 1.807) is 7.11 Å². The molecule has 0 aromatic carbocycles. The minimum Gasteiger partial charge on any atom is -0.383 e. The number of hydrogen-bond acceptors (Lipinski definition) is 3. The van der Waals surface area contributed by atoms with Crippen LogP contribution in [0.3, 0.4) is 0 Å². The average Bonchev–Trinajstić information content (AvgIpc) is 2.24. The van der Waals surface area contributed by atoms with Crippen LogP contribution in [-0.2, 0) is 4.74 Å². The molecule has 0 amide bonds. The molecule has 15 heavy (non-hydrogen) atoms. The van der Waals surface area contributed by atoms with Crippen molar-refractivity contribution < 1.29 is 4.74 Å². The molecule has 0 saturated carbocycles. The monoisotopic (exact) mass is 214 g/mol. The van der Waals surface area contributed by atoms with Crippen LogP contribution >= 0.6 is 0 Å². The smallest absolute Gasteiger partial charge is 0.0618 e. The maximum Gasteiger partial charge on any atom is 0.0618 e. The Bertz CT molecular complexity index is 164. The zero-order valence-corrected chi connectivity index (χ0v) is 10.2. The maximum atomic E-state index is 5.57. The van der Waals surface area contributed by atoms with Crippen molar-refractivity contribution in [1.29, 1.82) is 0 Å². The first-order valence-electron chi connectivity index (χ1n) is 6.21. The summed E-state index contributed by atoms with van der Waals surface area (Å²) in [7, 11) is 1.79. The minimum absolute atomic E-state index is 0.585. The fourth-order valence-corrected chi connectivity index (χ4v) is 2.47. The molecule has 2 unspecified atom stereocenters. The highest BCUT2D eigenvalue weighted by Crippen LogP contribution is 2.19. The molecule has 0 radical (unpaired) electrons. The Hall–Kier alpha value is -0.120. The van der Waals surface area contributed by atoms with Gasteiger partial charge in [-0.25, -0.2) is 0 Å². The summed E-state index contributed by atoms with van der Waals surface area (Å²) in [6, 6.07) is 0.585. The summed E-state index contributed by atoms with van der Waals surface area (Å²) >= 11 is 0. The Morgan fingerprint density at radius 1 is 1.53 bits per heavy atom. The van der Waals surface area contributed by atoms with E-state index >= 15 is 0 Å². The number of likely N-dealkylation sites (tertiary alicyclic amines) is 1. The number of rotatable bonds is 6. The van der Waals surface area contributed by atoms with Crippen LogP contribution in [0.2, 0.25) is 0 Å². The third-order valence-corrected chi connectivity index (χ3v) is 3.31. The lowest BCUT2D eigenvalue weighted by molar-refractivity contribution is 0.0574. The first-order chi connectivity index (χ1) is 7.27. The van der Waals surface area contributed by atoms with Gasteiger partial charge in [0.2, 0.25) is 0 Å². The second-order valence-corrected chi connectivity index (χ2v) is 4.78. The summed E-state index contributed by atoms with van der Waals surface area (Å²) in [5, 5.41) is 0. The van der Waals surface area contributed by atoms with Crippen molar-refractivity contribution in [3.8, 4) is 0 Å². The minimum atomic E-state index is 0.585. The molecule has 0 aromatic heterocycles. The molecule has 1 aliphatic rings. The van der Waals surface area contributed by atoms with Gasteiger partial charge in [-0.3, -0.25) is 4.90 Å². The van der Waals surface area contributed by atoms with Crippen molar-refractivity contribution in [2.24, 2.45) is 11.7 Å². The van der Waals surface area contributed by atoms with Crippen LogP contribution in [0.25, 0.3) is 0 Å². The number of ether oxygens (including phenoxy) is 1. The van der Waals surface area contributed by atoms with Crippen LogP contribution in [-0.4, -0.2) is 44.3 Å². The van der Waals surface area contributed by atoms with Gasteiger partial charge in [0.05, 0.1) is 6.61 Å². The highest BCUT2D eigenvalue weighted by molar-refractivity contribution is 4.77.